The van der Waals surface area contributed by atoms with Crippen molar-refractivity contribution < 1.29 is 33.7 Å². The molecule has 1 aliphatic rings. The highest BCUT2D eigenvalue weighted by molar-refractivity contribution is 7.98. The highest BCUT2D eigenvalue weighted by Crippen LogP contribution is 2.35. The summed E-state index contributed by atoms with van der Waals surface area (Å²) in [5.74, 6) is -0.103. The van der Waals surface area contributed by atoms with Gasteiger partial charge in [-0.1, -0.05) is 29.9 Å². The van der Waals surface area contributed by atoms with E-state index in [4.69, 9.17) is 37.0 Å². The van der Waals surface area contributed by atoms with Crippen LogP contribution in [0.25, 0.3) is 0 Å². The second-order valence-corrected chi connectivity index (χ2v) is 8.93. The molecule has 0 aromatic heterocycles. The number of aromatic hydroxyl groups is 1. The molecule has 0 spiro atoms. The first-order chi connectivity index (χ1) is 16.7. The summed E-state index contributed by atoms with van der Waals surface area (Å²) in [5, 5.41) is 14.9. The third-order valence-corrected chi connectivity index (χ3v) is 6.09. The van der Waals surface area contributed by atoms with E-state index in [0.717, 1.165) is 0 Å². The number of ether oxygens (including phenoxy) is 3. The number of phenols is 1. The van der Waals surface area contributed by atoms with Gasteiger partial charge in [0.05, 0.1) is 31.4 Å². The lowest BCUT2D eigenvalue weighted by atomic mass is 10.0. The van der Waals surface area contributed by atoms with Gasteiger partial charge in [-0.05, 0) is 13.8 Å². The van der Waals surface area contributed by atoms with Crippen LogP contribution in [0.1, 0.15) is 28.4 Å². The van der Waals surface area contributed by atoms with Crippen LogP contribution in [0, 0.1) is 6.92 Å². The third kappa shape index (κ3) is 7.07. The van der Waals surface area contributed by atoms with Crippen molar-refractivity contribution in [2.24, 2.45) is 10.7 Å². The number of nitrogens with zero attached hydrogens (tertiary/aromatic N) is 2. The maximum absolute atomic E-state index is 12.4. The number of carbonyl (C=O) groups excluding carboxylic acids is 2. The molecule has 0 aliphatic carbocycles. The Hall–Kier alpha value is -2.87. The van der Waals surface area contributed by atoms with Crippen molar-refractivity contribution in [3.63, 3.8) is 0 Å². The SMILES string of the molecule is C=CCOC(=O)C1N=C([C@H](CSCc2c(O)cc(OC)c(C)c2C(=O)OC)NC(C)=S)ON1CN. The Balaban J connectivity index is 2.24. The molecule has 1 aromatic rings. The quantitative estimate of drug-likeness (QED) is 0.207. The van der Waals surface area contributed by atoms with E-state index in [0.29, 0.717) is 27.6 Å². The number of phenolic OH excluding ortho intramolecular Hbond substituents is 1. The van der Waals surface area contributed by atoms with E-state index in [2.05, 4.69) is 16.9 Å². The number of thioether (sulfide) groups is 1. The molecule has 1 heterocycles. The summed E-state index contributed by atoms with van der Waals surface area (Å²) in [6.45, 7) is 6.86. The zero-order valence-electron chi connectivity index (χ0n) is 20.0. The normalized spacial score (nSPS) is 16.0. The minimum absolute atomic E-state index is 0.0302. The van der Waals surface area contributed by atoms with Crippen LogP contribution in [0.2, 0.25) is 0 Å². The van der Waals surface area contributed by atoms with Crippen molar-refractivity contribution in [2.75, 3.05) is 33.2 Å². The molecule has 2 atom stereocenters. The molecular weight excluding hydrogens is 496 g/mol. The van der Waals surface area contributed by atoms with Crippen LogP contribution < -0.4 is 15.8 Å². The number of methoxy groups -OCH3 is 2. The van der Waals surface area contributed by atoms with Crippen LogP contribution in [0.5, 0.6) is 11.5 Å². The number of esters is 2. The number of nitrogens with two attached hydrogens (primary N) is 1. The van der Waals surface area contributed by atoms with Gasteiger partial charge in [0, 0.05) is 28.7 Å². The molecule has 2 rings (SSSR count). The van der Waals surface area contributed by atoms with Crippen molar-refractivity contribution in [3.05, 3.63) is 35.4 Å². The smallest absolute Gasteiger partial charge is 0.349 e. The average molecular weight is 527 g/mol. The van der Waals surface area contributed by atoms with Gasteiger partial charge < -0.3 is 35.2 Å². The van der Waals surface area contributed by atoms with E-state index < -0.39 is 24.1 Å². The predicted molar refractivity (Wildman–Crippen MR) is 136 cm³/mol. The second-order valence-electron chi connectivity index (χ2n) is 7.29. The van der Waals surface area contributed by atoms with Gasteiger partial charge in [0.2, 0.25) is 12.1 Å². The van der Waals surface area contributed by atoms with Gasteiger partial charge in [-0.15, -0.1) is 0 Å². The van der Waals surface area contributed by atoms with Crippen molar-refractivity contribution in [2.45, 2.75) is 31.8 Å². The first-order valence-corrected chi connectivity index (χ1v) is 12.1. The molecule has 4 N–H and O–H groups in total. The molecule has 192 valence electrons. The van der Waals surface area contributed by atoms with Gasteiger partial charge in [-0.2, -0.15) is 11.8 Å². The number of hydrogen-bond acceptors (Lipinski definition) is 12. The Bertz CT molecular complexity index is 1000. The minimum Gasteiger partial charge on any atom is -0.507 e. The van der Waals surface area contributed by atoms with Crippen molar-refractivity contribution in [3.8, 4) is 11.5 Å². The summed E-state index contributed by atoms with van der Waals surface area (Å²) in [4.78, 5) is 35.3. The molecule has 0 bridgehead atoms. The van der Waals surface area contributed by atoms with Crippen LogP contribution in [0.3, 0.4) is 0 Å². The standard InChI is InChI=1S/C22H30N4O7S2/c1-6-7-32-22(29)19-25-20(33-26(19)11-23)15(24-13(3)34)10-35-9-14-16(27)8-17(30-4)12(2)18(14)21(28)31-5/h6,8,15,19,27H,1,7,9-11,23H2,2-5H3,(H,24,34)/t15-,19?/m0/s1. The van der Waals surface area contributed by atoms with E-state index in [9.17, 15) is 14.7 Å². The summed E-state index contributed by atoms with van der Waals surface area (Å²) < 4.78 is 15.2. The van der Waals surface area contributed by atoms with Gasteiger partial charge in [-0.3, -0.25) is 0 Å². The largest absolute Gasteiger partial charge is 0.507 e. The fourth-order valence-corrected chi connectivity index (χ4v) is 4.51. The van der Waals surface area contributed by atoms with Crippen LogP contribution in [-0.2, 0) is 24.9 Å². The lowest BCUT2D eigenvalue weighted by Gasteiger charge is -2.21. The summed E-state index contributed by atoms with van der Waals surface area (Å²) in [6.07, 6.45) is 0.384. The van der Waals surface area contributed by atoms with Gasteiger partial charge in [0.25, 0.3) is 0 Å². The molecular formula is C22H30N4O7S2. The zero-order valence-corrected chi connectivity index (χ0v) is 21.7. The zero-order chi connectivity index (χ0) is 26.1. The second kappa shape index (κ2) is 13.3. The summed E-state index contributed by atoms with van der Waals surface area (Å²) in [6, 6.07) is 0.934. The summed E-state index contributed by atoms with van der Waals surface area (Å²) in [5.41, 5.74) is 6.91. The highest BCUT2D eigenvalue weighted by atomic mass is 32.2. The number of aliphatic imine (C=N–C) groups is 1. The number of hydrogen-bond donors (Lipinski definition) is 3. The van der Waals surface area contributed by atoms with Crippen LogP contribution >= 0.6 is 24.0 Å². The summed E-state index contributed by atoms with van der Waals surface area (Å²) >= 11 is 6.58. The predicted octanol–water partition coefficient (Wildman–Crippen LogP) is 1.65. The lowest BCUT2D eigenvalue weighted by Crippen LogP contribution is -2.44. The third-order valence-electron chi connectivity index (χ3n) is 4.91. The number of rotatable bonds is 12. The maximum Gasteiger partial charge on any atom is 0.349 e. The van der Waals surface area contributed by atoms with E-state index in [1.165, 1.54) is 43.2 Å². The number of carbonyl (C=O) groups is 2. The molecule has 0 fully saturated rings. The topological polar surface area (TPSA) is 145 Å². The Labute approximate surface area is 213 Å². The van der Waals surface area contributed by atoms with Crippen LogP contribution in [0.15, 0.2) is 23.7 Å². The molecule has 1 aliphatic heterocycles. The Kier molecular flexibility index (Phi) is 10.8. The fraction of sp³-hybridized carbons (Fsp3) is 0.455. The van der Waals surface area contributed by atoms with Gasteiger partial charge in [-0.25, -0.2) is 14.6 Å². The monoisotopic (exact) mass is 526 g/mol. The highest BCUT2D eigenvalue weighted by Gasteiger charge is 2.38. The van der Waals surface area contributed by atoms with Crippen molar-refractivity contribution >= 4 is 46.8 Å². The van der Waals surface area contributed by atoms with Crippen molar-refractivity contribution in [1.29, 1.82) is 0 Å². The molecule has 1 unspecified atom stereocenters. The lowest BCUT2D eigenvalue weighted by molar-refractivity contribution is -0.161. The molecule has 0 saturated carbocycles. The number of benzene rings is 1. The van der Waals surface area contributed by atoms with E-state index in [-0.39, 0.29) is 36.2 Å². The van der Waals surface area contributed by atoms with E-state index in [1.807, 2.05) is 0 Å². The molecule has 0 radical (unpaired) electrons. The minimum atomic E-state index is -1.06. The van der Waals surface area contributed by atoms with E-state index in [1.54, 1.807) is 13.8 Å². The van der Waals surface area contributed by atoms with Gasteiger partial charge >= 0.3 is 11.9 Å². The molecule has 0 saturated heterocycles. The first kappa shape index (κ1) is 28.4. The van der Waals surface area contributed by atoms with Gasteiger partial charge in [0.15, 0.2) is 0 Å². The maximum atomic E-state index is 12.4. The fourth-order valence-electron chi connectivity index (χ4n) is 3.29. The molecule has 35 heavy (non-hydrogen) atoms. The first-order valence-electron chi connectivity index (χ1n) is 10.5. The average Bonchev–Trinajstić information content (AvgIpc) is 3.27. The molecule has 0 amide bonds. The Morgan fingerprint density at radius 2 is 2.20 bits per heavy atom. The number of nitrogens with one attached hydrogen (secondary N) is 1. The van der Waals surface area contributed by atoms with E-state index >= 15 is 0 Å². The Morgan fingerprint density at radius 1 is 1.49 bits per heavy atom. The van der Waals surface area contributed by atoms with Gasteiger partial charge in [0.1, 0.15) is 24.1 Å². The Morgan fingerprint density at radius 3 is 2.77 bits per heavy atom. The van der Waals surface area contributed by atoms with Crippen LogP contribution in [-0.4, -0.2) is 78.5 Å². The van der Waals surface area contributed by atoms with Crippen LogP contribution in [0.4, 0.5) is 0 Å². The molecule has 13 heteroatoms. The molecule has 1 aromatic carbocycles. The molecule has 11 nitrogen and oxygen atoms in total. The summed E-state index contributed by atoms with van der Waals surface area (Å²) in [7, 11) is 2.72. The number of thiocarbonyl (C=S) groups is 1. The van der Waals surface area contributed by atoms with Crippen molar-refractivity contribution in [1.82, 2.24) is 10.4 Å². The number of hydroxylamine groups is 2.